The third-order valence-corrected chi connectivity index (χ3v) is 8.54. The fourth-order valence-corrected chi connectivity index (χ4v) is 6.21. The van der Waals surface area contributed by atoms with Gasteiger partial charge in [0.15, 0.2) is 0 Å². The summed E-state index contributed by atoms with van der Waals surface area (Å²) in [5.74, 6) is -1.56. The van der Waals surface area contributed by atoms with Gasteiger partial charge in [-0.15, -0.1) is 0 Å². The molecule has 0 radical (unpaired) electrons. The lowest BCUT2D eigenvalue weighted by Crippen LogP contribution is -2.56. The quantitative estimate of drug-likeness (QED) is 0.309. The van der Waals surface area contributed by atoms with Crippen LogP contribution in [-0.2, 0) is 17.9 Å². The van der Waals surface area contributed by atoms with Gasteiger partial charge in [0.1, 0.15) is 5.69 Å². The van der Waals surface area contributed by atoms with E-state index >= 15 is 0 Å². The molecule has 0 atom stereocenters. The first-order valence-corrected chi connectivity index (χ1v) is 14.8. The van der Waals surface area contributed by atoms with Crippen LogP contribution in [-0.4, -0.2) is 80.5 Å². The molecule has 15 heteroatoms. The molecule has 3 aliphatic heterocycles. The van der Waals surface area contributed by atoms with E-state index in [9.17, 15) is 24.0 Å². The smallest absolute Gasteiger partial charge is 0.342 e. The summed E-state index contributed by atoms with van der Waals surface area (Å²) in [7, 11) is 0. The van der Waals surface area contributed by atoms with Gasteiger partial charge in [0.2, 0.25) is 5.91 Å². The summed E-state index contributed by atoms with van der Waals surface area (Å²) in [6.07, 6.45) is 2.94. The third kappa shape index (κ3) is 5.98. The first kappa shape index (κ1) is 29.6. The Hall–Kier alpha value is -4.46. The van der Waals surface area contributed by atoms with E-state index in [1.807, 2.05) is 12.1 Å². The molecule has 2 aromatic carbocycles. The van der Waals surface area contributed by atoms with Crippen LogP contribution in [0.3, 0.4) is 0 Å². The number of rotatable bonds is 7. The number of carbonyl (C=O) groups excluding carboxylic acids is 5. The van der Waals surface area contributed by atoms with Gasteiger partial charge in [-0.05, 0) is 42.2 Å². The van der Waals surface area contributed by atoms with Crippen molar-refractivity contribution in [1.82, 2.24) is 35.7 Å². The van der Waals surface area contributed by atoms with Crippen molar-refractivity contribution in [3.05, 3.63) is 80.6 Å². The van der Waals surface area contributed by atoms with Gasteiger partial charge in [0.05, 0.1) is 40.6 Å². The van der Waals surface area contributed by atoms with Crippen LogP contribution in [0.4, 0.5) is 10.5 Å². The van der Waals surface area contributed by atoms with E-state index in [1.54, 1.807) is 24.3 Å². The molecule has 13 nitrogen and oxygen atoms in total. The number of imide groups is 1. The number of anilines is 1. The van der Waals surface area contributed by atoms with Crippen LogP contribution in [0.1, 0.15) is 61.6 Å². The Bertz CT molecular complexity index is 1650. The first-order chi connectivity index (χ1) is 21.2. The van der Waals surface area contributed by atoms with E-state index in [0.29, 0.717) is 12.1 Å². The van der Waals surface area contributed by atoms with Crippen molar-refractivity contribution >= 4 is 58.5 Å². The molecule has 3 aliphatic rings. The Morgan fingerprint density at radius 2 is 1.73 bits per heavy atom. The van der Waals surface area contributed by atoms with Crippen LogP contribution in [0.25, 0.3) is 0 Å². The highest BCUT2D eigenvalue weighted by Crippen LogP contribution is 2.28. The van der Waals surface area contributed by atoms with Crippen molar-refractivity contribution in [3.63, 3.8) is 0 Å². The molecule has 4 N–H and O–H groups in total. The number of likely N-dealkylation sites (tertiary alicyclic amines) is 1. The largest absolute Gasteiger partial charge is 0.348 e. The first-order valence-electron chi connectivity index (χ1n) is 14.0. The zero-order valence-electron chi connectivity index (χ0n) is 23.4. The highest BCUT2D eigenvalue weighted by Gasteiger charge is 2.37. The summed E-state index contributed by atoms with van der Waals surface area (Å²) in [5.41, 5.74) is 2.86. The molecular weight excluding hydrogens is 611 g/mol. The van der Waals surface area contributed by atoms with Gasteiger partial charge in [-0.2, -0.15) is 5.10 Å². The monoisotopic (exact) mass is 638 g/mol. The molecule has 0 aliphatic carbocycles. The zero-order chi connectivity index (χ0) is 31.0. The number of aromatic nitrogens is 2. The number of amides is 6. The van der Waals surface area contributed by atoms with Crippen molar-refractivity contribution in [3.8, 4) is 0 Å². The highest BCUT2D eigenvalue weighted by atomic mass is 35.5. The Kier molecular flexibility index (Phi) is 8.25. The fraction of sp³-hybridized carbons (Fsp3) is 0.310. The van der Waals surface area contributed by atoms with Crippen molar-refractivity contribution < 1.29 is 24.0 Å². The minimum absolute atomic E-state index is 0.0719. The summed E-state index contributed by atoms with van der Waals surface area (Å²) in [6.45, 7) is 2.58. The second-order valence-corrected chi connectivity index (χ2v) is 11.6. The summed E-state index contributed by atoms with van der Waals surface area (Å²) in [5, 5.41) is 17.6. The number of aromatic amines is 1. The van der Waals surface area contributed by atoms with Crippen LogP contribution >= 0.6 is 23.2 Å². The highest BCUT2D eigenvalue weighted by molar-refractivity contribution is 6.40. The number of halogens is 2. The minimum Gasteiger partial charge on any atom is -0.348 e. The number of nitrogens with zero attached hydrogens (tertiary/aromatic N) is 4. The second kappa shape index (κ2) is 12.3. The molecule has 44 heavy (non-hydrogen) atoms. The van der Waals surface area contributed by atoms with Crippen LogP contribution in [0.5, 0.6) is 0 Å². The van der Waals surface area contributed by atoms with Gasteiger partial charge in [0, 0.05) is 37.7 Å². The number of H-pyrrole nitrogens is 1. The number of hydrogen-bond acceptors (Lipinski definition) is 7. The van der Waals surface area contributed by atoms with Gasteiger partial charge in [-0.3, -0.25) is 34.5 Å². The number of hydrazine groups is 1. The number of hydrogen-bond donors (Lipinski definition) is 4. The second-order valence-electron chi connectivity index (χ2n) is 10.8. The molecule has 2 fully saturated rings. The van der Waals surface area contributed by atoms with Crippen molar-refractivity contribution in [2.45, 2.75) is 38.4 Å². The molecule has 2 saturated heterocycles. The maximum Gasteiger partial charge on any atom is 0.342 e. The number of fused-ring (bicyclic) bond motifs is 1. The molecule has 0 saturated carbocycles. The summed E-state index contributed by atoms with van der Waals surface area (Å²) in [6, 6.07) is 9.76. The Balaban J connectivity index is 1.01. The number of piperidine rings is 1. The van der Waals surface area contributed by atoms with Gasteiger partial charge in [-0.25, -0.2) is 14.8 Å². The molecule has 228 valence electrons. The molecule has 6 amide bonds. The van der Waals surface area contributed by atoms with Crippen molar-refractivity contribution in [2.24, 2.45) is 0 Å². The molecule has 3 aromatic rings. The average Bonchev–Trinajstić information content (AvgIpc) is 3.58. The Morgan fingerprint density at radius 1 is 0.977 bits per heavy atom. The predicted octanol–water partition coefficient (Wildman–Crippen LogP) is 3.18. The van der Waals surface area contributed by atoms with E-state index in [0.717, 1.165) is 37.1 Å². The summed E-state index contributed by atoms with van der Waals surface area (Å²) >= 11 is 12.3. The minimum atomic E-state index is -0.590. The lowest BCUT2D eigenvalue weighted by Gasteiger charge is -2.33. The van der Waals surface area contributed by atoms with Crippen LogP contribution in [0.2, 0.25) is 10.0 Å². The SMILES string of the molecule is O=C1CCN(N2Cc3cc(CN4CCC(NC(=O)c5[nH]ncc5NC(=O)c5c(Cl)cccc5Cl)CC4)ccc3C2=O)C(=O)N1. The molecule has 6 rings (SSSR count). The molecule has 0 spiro atoms. The predicted molar refractivity (Wildman–Crippen MR) is 160 cm³/mol. The maximum atomic E-state index is 13.1. The van der Waals surface area contributed by atoms with Gasteiger partial charge >= 0.3 is 6.03 Å². The standard InChI is InChI=1S/C29H28Cl2N8O5/c30-20-2-1-3-21(31)24(20)26(41)34-22-13-32-36-25(22)27(42)33-18-6-9-37(10-7-18)14-16-4-5-19-17(12-16)15-39(28(19)43)38-11-8-23(40)35-29(38)44/h1-5,12-13,18H,6-11,14-15H2,(H,32,36)(H,33,42)(H,34,41)(H,35,40,44). The normalized spacial score (nSPS) is 17.5. The van der Waals surface area contributed by atoms with E-state index < -0.39 is 11.9 Å². The molecule has 4 heterocycles. The molecular formula is C29H28Cl2N8O5. The molecule has 0 unspecified atom stereocenters. The van der Waals surface area contributed by atoms with E-state index in [2.05, 4.69) is 31.0 Å². The van der Waals surface area contributed by atoms with Gasteiger partial charge in [0.25, 0.3) is 17.7 Å². The topological polar surface area (TPSA) is 160 Å². The Morgan fingerprint density at radius 3 is 2.45 bits per heavy atom. The number of nitrogens with one attached hydrogen (secondary N) is 4. The summed E-state index contributed by atoms with van der Waals surface area (Å²) in [4.78, 5) is 64.8. The molecule has 1 aromatic heterocycles. The number of urea groups is 1. The van der Waals surface area contributed by atoms with E-state index in [4.69, 9.17) is 23.2 Å². The van der Waals surface area contributed by atoms with E-state index in [1.165, 1.54) is 16.2 Å². The zero-order valence-corrected chi connectivity index (χ0v) is 24.9. The third-order valence-electron chi connectivity index (χ3n) is 7.91. The number of carbonyl (C=O) groups is 5. The van der Waals surface area contributed by atoms with Crippen LogP contribution < -0.4 is 16.0 Å². The van der Waals surface area contributed by atoms with E-state index in [-0.39, 0.29) is 70.3 Å². The lowest BCUT2D eigenvalue weighted by atomic mass is 10.0. The van der Waals surface area contributed by atoms with Crippen molar-refractivity contribution in [1.29, 1.82) is 0 Å². The van der Waals surface area contributed by atoms with Crippen molar-refractivity contribution in [2.75, 3.05) is 25.0 Å². The lowest BCUT2D eigenvalue weighted by molar-refractivity contribution is -0.123. The van der Waals surface area contributed by atoms with Crippen LogP contribution in [0.15, 0.2) is 42.6 Å². The summed E-state index contributed by atoms with van der Waals surface area (Å²) < 4.78 is 0. The number of benzene rings is 2. The average molecular weight is 640 g/mol. The Labute approximate surface area is 261 Å². The van der Waals surface area contributed by atoms with Gasteiger partial charge in [-0.1, -0.05) is 41.4 Å². The van der Waals surface area contributed by atoms with Gasteiger partial charge < -0.3 is 10.6 Å². The van der Waals surface area contributed by atoms with Crippen LogP contribution in [0, 0.1) is 0 Å². The maximum absolute atomic E-state index is 13.1. The molecule has 0 bridgehead atoms. The fourth-order valence-electron chi connectivity index (χ4n) is 5.64.